The van der Waals surface area contributed by atoms with Gasteiger partial charge in [0.05, 0.1) is 12.0 Å². The molecule has 118 valence electrons. The van der Waals surface area contributed by atoms with E-state index in [1.165, 1.54) is 0 Å². The van der Waals surface area contributed by atoms with Crippen molar-refractivity contribution in [2.45, 2.75) is 12.6 Å². The molecule has 1 N–H and O–H groups in total. The Kier molecular flexibility index (Phi) is 3.73. The summed E-state index contributed by atoms with van der Waals surface area (Å²) in [6.45, 7) is 0. The van der Waals surface area contributed by atoms with Gasteiger partial charge >= 0.3 is 6.18 Å². The molecule has 0 spiro atoms. The molecule has 0 unspecified atom stereocenters. The fourth-order valence-electron chi connectivity index (χ4n) is 2.14. The van der Waals surface area contributed by atoms with E-state index in [1.54, 1.807) is 35.0 Å². The first-order valence-electron chi connectivity index (χ1n) is 6.67. The van der Waals surface area contributed by atoms with Crippen LogP contribution in [-0.4, -0.2) is 20.3 Å². The number of alkyl halides is 3. The highest BCUT2D eigenvalue weighted by Crippen LogP contribution is 2.28. The van der Waals surface area contributed by atoms with Crippen LogP contribution >= 0.6 is 0 Å². The number of aromatic nitrogens is 3. The molecule has 3 aromatic heterocycles. The summed E-state index contributed by atoms with van der Waals surface area (Å²) in [6, 6.07) is 7.35. The fraction of sp³-hybridized carbons (Fsp3) is 0.133. The van der Waals surface area contributed by atoms with E-state index in [9.17, 15) is 18.0 Å². The van der Waals surface area contributed by atoms with Crippen LogP contribution in [0.5, 0.6) is 0 Å². The monoisotopic (exact) mass is 320 g/mol. The van der Waals surface area contributed by atoms with Gasteiger partial charge in [-0.05, 0) is 24.3 Å². The Morgan fingerprint density at radius 2 is 2.00 bits per heavy atom. The van der Waals surface area contributed by atoms with E-state index in [0.717, 1.165) is 12.1 Å². The summed E-state index contributed by atoms with van der Waals surface area (Å²) < 4.78 is 39.1. The van der Waals surface area contributed by atoms with Gasteiger partial charge in [-0.3, -0.25) is 4.79 Å². The highest BCUT2D eigenvalue weighted by atomic mass is 19.4. The van der Waals surface area contributed by atoms with E-state index < -0.39 is 11.7 Å². The topological polar surface area (TPSA) is 59.3 Å². The van der Waals surface area contributed by atoms with Crippen molar-refractivity contribution in [3.05, 3.63) is 60.2 Å². The van der Waals surface area contributed by atoms with Gasteiger partial charge in [-0.1, -0.05) is 6.07 Å². The summed E-state index contributed by atoms with van der Waals surface area (Å²) in [5, 5.41) is 2.47. The van der Waals surface area contributed by atoms with Crippen molar-refractivity contribution in [3.63, 3.8) is 0 Å². The molecule has 3 rings (SSSR count). The van der Waals surface area contributed by atoms with Gasteiger partial charge in [0.25, 0.3) is 0 Å². The summed E-state index contributed by atoms with van der Waals surface area (Å²) in [5.41, 5.74) is 0.561. The smallest absolute Gasteiger partial charge is 0.310 e. The van der Waals surface area contributed by atoms with E-state index in [1.807, 2.05) is 0 Å². The molecule has 0 radical (unpaired) electrons. The molecule has 3 aromatic rings. The number of nitrogens with one attached hydrogen (secondary N) is 1. The van der Waals surface area contributed by atoms with Crippen LogP contribution in [0.4, 0.5) is 19.0 Å². The molecule has 0 fully saturated rings. The van der Waals surface area contributed by atoms with Crippen molar-refractivity contribution in [1.29, 1.82) is 0 Å². The van der Waals surface area contributed by atoms with E-state index in [4.69, 9.17) is 0 Å². The summed E-state index contributed by atoms with van der Waals surface area (Å²) in [4.78, 5) is 19.7. The second-order valence-corrected chi connectivity index (χ2v) is 4.83. The van der Waals surface area contributed by atoms with E-state index >= 15 is 0 Å². The number of hydrogen-bond donors (Lipinski definition) is 1. The van der Waals surface area contributed by atoms with Crippen LogP contribution in [0.15, 0.2) is 48.9 Å². The van der Waals surface area contributed by atoms with Gasteiger partial charge in [0, 0.05) is 24.3 Å². The number of rotatable bonds is 3. The highest BCUT2D eigenvalue weighted by molar-refractivity contribution is 5.91. The standard InChI is InChI=1S/C15H11F3N4O/c16-15(17,18)10-4-5-12(20-9-10)21-14(23)8-11-2-1-3-13-19-6-7-22(11)13/h1-7,9H,8H2,(H,20,21,23). The maximum Gasteiger partial charge on any atom is 0.417 e. The van der Waals surface area contributed by atoms with Crippen LogP contribution in [0, 0.1) is 0 Å². The van der Waals surface area contributed by atoms with Crippen molar-refractivity contribution >= 4 is 17.4 Å². The van der Waals surface area contributed by atoms with Crippen LogP contribution in [0.1, 0.15) is 11.3 Å². The Morgan fingerprint density at radius 1 is 1.17 bits per heavy atom. The van der Waals surface area contributed by atoms with Gasteiger partial charge in [-0.25, -0.2) is 9.97 Å². The zero-order valence-electron chi connectivity index (χ0n) is 11.7. The lowest BCUT2D eigenvalue weighted by atomic mass is 10.2. The number of anilines is 1. The number of pyridine rings is 2. The number of imidazole rings is 1. The third kappa shape index (κ3) is 3.31. The minimum Gasteiger partial charge on any atom is -0.310 e. The van der Waals surface area contributed by atoms with Gasteiger partial charge in [0.15, 0.2) is 0 Å². The summed E-state index contributed by atoms with van der Waals surface area (Å²) >= 11 is 0. The van der Waals surface area contributed by atoms with E-state index in [0.29, 0.717) is 17.5 Å². The third-order valence-corrected chi connectivity index (χ3v) is 3.21. The molecule has 0 saturated heterocycles. The molecule has 0 bridgehead atoms. The molecule has 0 aliphatic carbocycles. The number of carbonyl (C=O) groups is 1. The summed E-state index contributed by atoms with van der Waals surface area (Å²) in [5.74, 6) is -0.306. The average Bonchev–Trinajstić information content (AvgIpc) is 2.96. The zero-order chi connectivity index (χ0) is 16.4. The maximum absolute atomic E-state index is 12.5. The predicted octanol–water partition coefficient (Wildman–Crippen LogP) is 2.93. The lowest BCUT2D eigenvalue weighted by molar-refractivity contribution is -0.137. The average molecular weight is 320 g/mol. The molecule has 8 heteroatoms. The Morgan fingerprint density at radius 3 is 2.70 bits per heavy atom. The zero-order valence-corrected chi connectivity index (χ0v) is 11.7. The van der Waals surface area contributed by atoms with Gasteiger partial charge in [0.1, 0.15) is 11.5 Å². The van der Waals surface area contributed by atoms with Crippen LogP contribution < -0.4 is 5.32 Å². The molecule has 0 aliphatic heterocycles. The second kappa shape index (κ2) is 5.71. The molecular weight excluding hydrogens is 309 g/mol. The molecule has 5 nitrogen and oxygen atoms in total. The van der Waals surface area contributed by atoms with Crippen LogP contribution in [0.3, 0.4) is 0 Å². The molecular formula is C15H11F3N4O. The summed E-state index contributed by atoms with van der Waals surface area (Å²) in [7, 11) is 0. The minimum atomic E-state index is -4.45. The van der Waals surface area contributed by atoms with Crippen LogP contribution in [-0.2, 0) is 17.4 Å². The lowest BCUT2D eigenvalue weighted by Gasteiger charge is -2.08. The molecule has 0 saturated carbocycles. The fourth-order valence-corrected chi connectivity index (χ4v) is 2.14. The predicted molar refractivity (Wildman–Crippen MR) is 76.8 cm³/mol. The van der Waals surface area contributed by atoms with Crippen molar-refractivity contribution < 1.29 is 18.0 Å². The van der Waals surface area contributed by atoms with E-state index in [-0.39, 0.29) is 18.1 Å². The van der Waals surface area contributed by atoms with Crippen molar-refractivity contribution in [3.8, 4) is 0 Å². The SMILES string of the molecule is O=C(Cc1cccc2nccn12)Nc1ccc(C(F)(F)F)cn1. The molecule has 3 heterocycles. The largest absolute Gasteiger partial charge is 0.417 e. The Balaban J connectivity index is 1.71. The number of nitrogens with zero attached hydrogens (tertiary/aromatic N) is 3. The maximum atomic E-state index is 12.5. The number of hydrogen-bond acceptors (Lipinski definition) is 3. The first-order valence-corrected chi connectivity index (χ1v) is 6.67. The van der Waals surface area contributed by atoms with Crippen molar-refractivity contribution in [2.75, 3.05) is 5.32 Å². The Bertz CT molecular complexity index is 840. The number of amides is 1. The molecule has 23 heavy (non-hydrogen) atoms. The molecule has 1 amide bonds. The highest BCUT2D eigenvalue weighted by Gasteiger charge is 2.30. The first-order chi connectivity index (χ1) is 10.9. The molecule has 0 aromatic carbocycles. The Hall–Kier alpha value is -2.90. The molecule has 0 aliphatic rings. The lowest BCUT2D eigenvalue weighted by Crippen LogP contribution is -2.17. The summed E-state index contributed by atoms with van der Waals surface area (Å²) in [6.07, 6.45) is -0.363. The number of carbonyl (C=O) groups excluding carboxylic acids is 1. The number of fused-ring (bicyclic) bond motifs is 1. The van der Waals surface area contributed by atoms with Gasteiger partial charge in [0.2, 0.25) is 5.91 Å². The normalized spacial score (nSPS) is 11.6. The van der Waals surface area contributed by atoms with Gasteiger partial charge in [-0.15, -0.1) is 0 Å². The van der Waals surface area contributed by atoms with Crippen molar-refractivity contribution in [1.82, 2.24) is 14.4 Å². The van der Waals surface area contributed by atoms with Crippen LogP contribution in [0.25, 0.3) is 5.65 Å². The number of halogens is 3. The molecule has 0 atom stereocenters. The minimum absolute atomic E-state index is 0.0520. The first kappa shape index (κ1) is 15.0. The van der Waals surface area contributed by atoms with Gasteiger partial charge < -0.3 is 9.72 Å². The second-order valence-electron chi connectivity index (χ2n) is 4.83. The van der Waals surface area contributed by atoms with Crippen molar-refractivity contribution in [2.24, 2.45) is 0 Å². The Labute approximate surface area is 128 Å². The quantitative estimate of drug-likeness (QED) is 0.807. The van der Waals surface area contributed by atoms with Gasteiger partial charge in [-0.2, -0.15) is 13.2 Å². The van der Waals surface area contributed by atoms with Crippen LogP contribution in [0.2, 0.25) is 0 Å². The van der Waals surface area contributed by atoms with E-state index in [2.05, 4.69) is 15.3 Å². The third-order valence-electron chi connectivity index (χ3n) is 3.21.